The molecule has 11 nitrogen and oxygen atoms in total. The fourth-order valence-corrected chi connectivity index (χ4v) is 11.7. The normalized spacial score (nSPS) is 23.1. The Labute approximate surface area is 461 Å². The van der Waals surface area contributed by atoms with Gasteiger partial charge >= 0.3 is 12.4 Å². The first kappa shape index (κ1) is 64.0. The fourth-order valence-electron chi connectivity index (χ4n) is 10.8. The van der Waals surface area contributed by atoms with E-state index >= 15 is 0 Å². The molecule has 4 saturated carbocycles. The average Bonchev–Trinajstić information content (AvgIpc) is 3.33. The highest BCUT2D eigenvalue weighted by Crippen LogP contribution is 2.38. The van der Waals surface area contributed by atoms with Gasteiger partial charge in [-0.2, -0.15) is 26.3 Å². The minimum atomic E-state index is -4.90. The third-order valence-corrected chi connectivity index (χ3v) is 15.6. The van der Waals surface area contributed by atoms with E-state index in [2.05, 4.69) is 90.7 Å². The SMILES string of the molecule is CN(C)[C@@H]1CCCC[C@H]1NC(=S)NC1CCCCC1.CN(C)[C@@H]1CCCC[C@H]1NC(=S)Nc1cc(C(F)(F)F)cc(C(F)(F)F)c1.CN(Cc1ccccc1)C(=O)[C@@H](NC(=S)N[C@@H]1CCCC[C@H]1N(C)C)C(C)(C)C. The first-order chi connectivity index (χ1) is 35.1. The quantitative estimate of drug-likeness (QED) is 0.0899. The number of thiocarbonyl (C=S) groups is 3. The van der Waals surface area contributed by atoms with Crippen molar-refractivity contribution in [2.75, 3.05) is 54.7 Å². The molecule has 7 atom stereocenters. The Morgan fingerprint density at radius 2 is 0.947 bits per heavy atom. The summed E-state index contributed by atoms with van der Waals surface area (Å²) in [4.78, 5) is 21.7. The second kappa shape index (κ2) is 30.0. The molecule has 6 N–H and O–H groups in total. The highest BCUT2D eigenvalue weighted by molar-refractivity contribution is 7.80. The number of nitrogens with zero attached hydrogens (tertiary/aromatic N) is 4. The molecular formula is C55H88F6N10OS3. The molecule has 2 aromatic rings. The van der Waals surface area contributed by atoms with Gasteiger partial charge in [0.15, 0.2) is 15.3 Å². The van der Waals surface area contributed by atoms with Gasteiger partial charge in [-0.15, -0.1) is 0 Å². The molecule has 0 aliphatic heterocycles. The summed E-state index contributed by atoms with van der Waals surface area (Å²) >= 11 is 16.3. The molecule has 0 radical (unpaired) electrons. The van der Waals surface area contributed by atoms with Crippen LogP contribution in [-0.4, -0.2) is 139 Å². The minimum absolute atomic E-state index is 0.00111. The molecule has 0 bridgehead atoms. The molecular weight excluding hydrogens is 1030 g/mol. The van der Waals surface area contributed by atoms with Gasteiger partial charge in [-0.3, -0.25) is 4.79 Å². The zero-order chi connectivity index (χ0) is 55.7. The third kappa shape index (κ3) is 21.7. The summed E-state index contributed by atoms with van der Waals surface area (Å²) in [6.07, 6.45) is 10.6. The van der Waals surface area contributed by atoms with Gasteiger partial charge < -0.3 is 51.5 Å². The van der Waals surface area contributed by atoms with E-state index in [1.807, 2.05) is 56.4 Å². The molecule has 0 aromatic heterocycles. The van der Waals surface area contributed by atoms with Crippen molar-refractivity contribution in [1.82, 2.24) is 46.2 Å². The van der Waals surface area contributed by atoms with E-state index in [0.717, 1.165) is 42.8 Å². The van der Waals surface area contributed by atoms with Crippen LogP contribution in [-0.2, 0) is 23.7 Å². The van der Waals surface area contributed by atoms with Crippen molar-refractivity contribution >= 4 is 63.6 Å². The van der Waals surface area contributed by atoms with Crippen molar-refractivity contribution < 1.29 is 31.1 Å². The van der Waals surface area contributed by atoms with Crippen LogP contribution in [0.2, 0.25) is 0 Å². The summed E-state index contributed by atoms with van der Waals surface area (Å²) in [5.41, 5.74) is -2.26. The lowest BCUT2D eigenvalue weighted by Crippen LogP contribution is -2.59. The van der Waals surface area contributed by atoms with Crippen LogP contribution < -0.4 is 31.9 Å². The van der Waals surface area contributed by atoms with Crippen LogP contribution in [0.1, 0.15) is 147 Å². The van der Waals surface area contributed by atoms with Crippen molar-refractivity contribution in [2.45, 2.75) is 197 Å². The highest BCUT2D eigenvalue weighted by Gasteiger charge is 2.38. The molecule has 0 spiro atoms. The lowest BCUT2D eigenvalue weighted by molar-refractivity contribution is -0.143. The predicted octanol–water partition coefficient (Wildman–Crippen LogP) is 10.9. The van der Waals surface area contributed by atoms with Crippen molar-refractivity contribution in [3.63, 3.8) is 0 Å². The van der Waals surface area contributed by atoms with Crippen LogP contribution in [0.25, 0.3) is 0 Å². The van der Waals surface area contributed by atoms with Crippen LogP contribution in [0, 0.1) is 5.41 Å². The van der Waals surface area contributed by atoms with Gasteiger partial charge in [-0.1, -0.05) is 109 Å². The number of carbonyl (C=O) groups is 1. The number of alkyl halides is 6. The van der Waals surface area contributed by atoms with Gasteiger partial charge in [0.05, 0.1) is 11.1 Å². The Hall–Kier alpha value is -3.56. The molecule has 1 amide bonds. The second-order valence-corrected chi connectivity index (χ2v) is 23.9. The number of anilines is 1. The van der Waals surface area contributed by atoms with Gasteiger partial charge in [-0.05, 0) is 159 Å². The van der Waals surface area contributed by atoms with E-state index in [4.69, 9.17) is 36.7 Å². The molecule has 0 saturated heterocycles. The number of nitrogens with one attached hydrogen (secondary N) is 6. The van der Waals surface area contributed by atoms with Crippen LogP contribution in [0.15, 0.2) is 48.5 Å². The van der Waals surface area contributed by atoms with Crippen molar-refractivity contribution in [2.24, 2.45) is 5.41 Å². The molecule has 4 aliphatic carbocycles. The smallest absolute Gasteiger partial charge is 0.360 e. The van der Waals surface area contributed by atoms with E-state index in [9.17, 15) is 31.1 Å². The number of hydrogen-bond acceptors (Lipinski definition) is 7. The number of halogens is 6. The molecule has 75 heavy (non-hydrogen) atoms. The molecule has 20 heteroatoms. The first-order valence-corrected chi connectivity index (χ1v) is 28.2. The summed E-state index contributed by atoms with van der Waals surface area (Å²) in [6.45, 7) is 6.81. The number of rotatable bonds is 12. The molecule has 6 rings (SSSR count). The summed E-state index contributed by atoms with van der Waals surface area (Å²) in [7, 11) is 14.3. The summed E-state index contributed by atoms with van der Waals surface area (Å²) in [5, 5.41) is 20.9. The number of hydrogen-bond donors (Lipinski definition) is 6. The molecule has 424 valence electrons. The average molecular weight is 1120 g/mol. The Morgan fingerprint density at radius 1 is 0.547 bits per heavy atom. The van der Waals surface area contributed by atoms with Gasteiger partial charge in [0.25, 0.3) is 0 Å². The second-order valence-electron chi connectivity index (χ2n) is 22.7. The largest absolute Gasteiger partial charge is 0.416 e. The number of benzene rings is 2. The van der Waals surface area contributed by atoms with E-state index in [1.54, 1.807) is 4.90 Å². The number of amides is 1. The van der Waals surface area contributed by atoms with Crippen LogP contribution in [0.5, 0.6) is 0 Å². The molecule has 0 unspecified atom stereocenters. The standard InChI is InChI=1S/C23H38N4OS.C17H21F6N3S.C15H29N3S/c1-23(2,3)20(21(28)27(6)16-17-12-8-7-9-13-17)25-22(29)24-18-14-10-11-15-19(18)26(4)5;1-26(2)14-6-4-3-5-13(14)25-15(27)24-12-8-10(16(18,19)20)7-11(9-12)17(21,22)23;1-18(2)14-11-7-6-10-13(14)17-15(19)16-12-8-4-3-5-9-12/h7-9,12-13,18-20H,10-11,14-16H2,1-6H3,(H2,24,25,29);7-9,13-14H,3-6H2,1-2H3,(H2,24,25,27);12-14H,3-11H2,1-2H3,(H2,16,17,19)/t18-,19-,20-;2*13-,14-/m111/s1. The van der Waals surface area contributed by atoms with E-state index < -0.39 is 29.5 Å². The Bertz CT molecular complexity index is 2050. The van der Waals surface area contributed by atoms with E-state index in [0.29, 0.717) is 54.0 Å². The lowest BCUT2D eigenvalue weighted by Gasteiger charge is -2.39. The summed E-state index contributed by atoms with van der Waals surface area (Å²) in [5.74, 6) is 0.0540. The van der Waals surface area contributed by atoms with Crippen molar-refractivity contribution in [3.05, 3.63) is 65.2 Å². The van der Waals surface area contributed by atoms with Crippen molar-refractivity contribution in [3.8, 4) is 0 Å². The zero-order valence-electron chi connectivity index (χ0n) is 46.2. The molecule has 4 aliphatic rings. The Morgan fingerprint density at radius 3 is 1.36 bits per heavy atom. The van der Waals surface area contributed by atoms with Crippen LogP contribution in [0.3, 0.4) is 0 Å². The highest BCUT2D eigenvalue weighted by atomic mass is 32.1. The van der Waals surface area contributed by atoms with Gasteiger partial charge in [0.2, 0.25) is 5.91 Å². The fraction of sp³-hybridized carbons (Fsp3) is 0.709. The van der Waals surface area contributed by atoms with Gasteiger partial charge in [0, 0.05) is 61.6 Å². The third-order valence-electron chi connectivity index (χ3n) is 14.9. The van der Waals surface area contributed by atoms with E-state index in [1.165, 1.54) is 77.0 Å². The maximum atomic E-state index is 13.3. The monoisotopic (exact) mass is 1110 g/mol. The topological polar surface area (TPSA) is 102 Å². The summed E-state index contributed by atoms with van der Waals surface area (Å²) < 4.78 is 77.6. The Balaban J connectivity index is 0.000000248. The van der Waals surface area contributed by atoms with Crippen LogP contribution in [0.4, 0.5) is 32.0 Å². The summed E-state index contributed by atoms with van der Waals surface area (Å²) in [6, 6.07) is 13.7. The predicted molar refractivity (Wildman–Crippen MR) is 306 cm³/mol. The molecule has 4 fully saturated rings. The lowest BCUT2D eigenvalue weighted by atomic mass is 9.85. The first-order valence-electron chi connectivity index (χ1n) is 26.9. The number of likely N-dealkylation sites (N-methyl/N-ethyl adjacent to an activating group) is 4. The van der Waals surface area contributed by atoms with Gasteiger partial charge in [0.1, 0.15) is 6.04 Å². The maximum absolute atomic E-state index is 13.3. The van der Waals surface area contributed by atoms with E-state index in [-0.39, 0.29) is 40.3 Å². The maximum Gasteiger partial charge on any atom is 0.416 e. The van der Waals surface area contributed by atoms with Crippen LogP contribution >= 0.6 is 36.7 Å². The van der Waals surface area contributed by atoms with Crippen molar-refractivity contribution in [1.29, 1.82) is 0 Å². The zero-order valence-corrected chi connectivity index (χ0v) is 48.6. The molecule has 2 aromatic carbocycles. The minimum Gasteiger partial charge on any atom is -0.360 e. The Kier molecular flexibility index (Phi) is 25.6. The number of carbonyl (C=O) groups excluding carboxylic acids is 1. The van der Waals surface area contributed by atoms with Gasteiger partial charge in [-0.25, -0.2) is 0 Å². The molecule has 0 heterocycles.